The van der Waals surface area contributed by atoms with Crippen LogP contribution in [0.25, 0.3) is 10.9 Å². The maximum Gasteiger partial charge on any atom is 0.269 e. The van der Waals surface area contributed by atoms with Crippen LogP contribution in [0.5, 0.6) is 0 Å². The van der Waals surface area contributed by atoms with Gasteiger partial charge in [0.2, 0.25) is 5.91 Å². The van der Waals surface area contributed by atoms with E-state index in [4.69, 9.17) is 0 Å². The van der Waals surface area contributed by atoms with Crippen LogP contribution in [0.15, 0.2) is 36.4 Å². The molecule has 7 nitrogen and oxygen atoms in total. The second-order valence-electron chi connectivity index (χ2n) is 10.5. The number of hydrogen-bond acceptors (Lipinski definition) is 5. The van der Waals surface area contributed by atoms with Crippen molar-refractivity contribution in [2.24, 2.45) is 17.8 Å². The Morgan fingerprint density at radius 3 is 2.46 bits per heavy atom. The Kier molecular flexibility index (Phi) is 10.0. The van der Waals surface area contributed by atoms with Gasteiger partial charge in [-0.25, -0.2) is 4.98 Å². The quantitative estimate of drug-likeness (QED) is 0.388. The molecular weight excluding hydrogens is 442 g/mol. The van der Waals surface area contributed by atoms with E-state index in [1.54, 1.807) is 13.0 Å². The van der Waals surface area contributed by atoms with E-state index in [-0.39, 0.29) is 24.3 Å². The minimum absolute atomic E-state index is 0.153. The first-order chi connectivity index (χ1) is 16.7. The zero-order valence-corrected chi connectivity index (χ0v) is 21.2. The van der Waals surface area contributed by atoms with Crippen LogP contribution in [-0.4, -0.2) is 51.8 Å². The molecule has 1 aromatic heterocycles. The fourth-order valence-electron chi connectivity index (χ4n) is 4.90. The van der Waals surface area contributed by atoms with Crippen molar-refractivity contribution in [3.8, 4) is 0 Å². The first-order valence-corrected chi connectivity index (χ1v) is 13.0. The molecule has 2 amide bonds. The third-order valence-corrected chi connectivity index (χ3v) is 7.01. The summed E-state index contributed by atoms with van der Waals surface area (Å²) < 4.78 is 0. The largest absolute Gasteiger partial charge is 0.390 e. The third kappa shape index (κ3) is 8.00. The minimum atomic E-state index is -1.02. The SMILES string of the molecule is CC(C)C[C@H](O)[C@H](O)[C@@H](CC1CCCCC1)NC(=O)[C@@H](C)CNC(=O)c1ccc2ccccc2n1. The number of aliphatic hydroxyl groups is 2. The van der Waals surface area contributed by atoms with E-state index in [0.717, 1.165) is 23.7 Å². The number of aliphatic hydroxyl groups excluding tert-OH is 2. The van der Waals surface area contributed by atoms with Crippen LogP contribution in [-0.2, 0) is 4.79 Å². The number of nitrogens with one attached hydrogen (secondary N) is 2. The van der Waals surface area contributed by atoms with Crippen LogP contribution < -0.4 is 10.6 Å². The maximum absolute atomic E-state index is 13.0. The number of aromatic nitrogens is 1. The smallest absolute Gasteiger partial charge is 0.269 e. The topological polar surface area (TPSA) is 112 Å². The number of carbonyl (C=O) groups excluding carboxylic acids is 2. The van der Waals surface area contributed by atoms with Crippen molar-refractivity contribution in [3.05, 3.63) is 42.1 Å². The average molecular weight is 484 g/mol. The number of carbonyl (C=O) groups is 2. The highest BCUT2D eigenvalue weighted by Crippen LogP contribution is 2.29. The summed E-state index contributed by atoms with van der Waals surface area (Å²) in [5, 5.41) is 28.2. The highest BCUT2D eigenvalue weighted by Gasteiger charge is 2.32. The Morgan fingerprint density at radius 2 is 1.74 bits per heavy atom. The molecular formula is C28H41N3O4. The monoisotopic (exact) mass is 483 g/mol. The molecule has 4 N–H and O–H groups in total. The number of para-hydroxylation sites is 1. The number of hydrogen-bond donors (Lipinski definition) is 4. The van der Waals surface area contributed by atoms with Crippen molar-refractivity contribution in [1.29, 1.82) is 0 Å². The Hall–Kier alpha value is -2.51. The van der Waals surface area contributed by atoms with Gasteiger partial charge in [-0.1, -0.05) is 77.1 Å². The van der Waals surface area contributed by atoms with Crippen LogP contribution in [0.2, 0.25) is 0 Å². The second kappa shape index (κ2) is 13.0. The molecule has 1 heterocycles. The van der Waals surface area contributed by atoms with Crippen molar-refractivity contribution < 1.29 is 19.8 Å². The third-order valence-electron chi connectivity index (χ3n) is 7.01. The Morgan fingerprint density at radius 1 is 1.03 bits per heavy atom. The number of rotatable bonds is 11. The molecule has 192 valence electrons. The zero-order valence-electron chi connectivity index (χ0n) is 21.2. The van der Waals surface area contributed by atoms with E-state index in [0.29, 0.717) is 24.5 Å². The lowest BCUT2D eigenvalue weighted by Gasteiger charge is -2.33. The Bertz CT molecular complexity index is 974. The predicted octanol–water partition coefficient (Wildman–Crippen LogP) is 3.82. The van der Waals surface area contributed by atoms with Gasteiger partial charge in [-0.05, 0) is 36.8 Å². The summed E-state index contributed by atoms with van der Waals surface area (Å²) in [6, 6.07) is 10.6. The summed E-state index contributed by atoms with van der Waals surface area (Å²) >= 11 is 0. The standard InChI is InChI=1S/C28H41N3O4/c1-18(2)15-25(32)26(33)24(16-20-9-5-4-6-10-20)31-27(34)19(3)17-29-28(35)23-14-13-21-11-7-8-12-22(21)30-23/h7-8,11-14,18-20,24-26,32-33H,4-6,9-10,15-17H2,1-3H3,(H,29,35)(H,31,34)/t19-,24+,25-,26+/m0/s1. The molecule has 35 heavy (non-hydrogen) atoms. The number of pyridine rings is 1. The molecule has 2 aromatic rings. The molecule has 0 aliphatic heterocycles. The Labute approximate surface area is 208 Å². The molecule has 0 saturated heterocycles. The van der Waals surface area contributed by atoms with Gasteiger partial charge in [-0.2, -0.15) is 0 Å². The number of benzene rings is 1. The van der Waals surface area contributed by atoms with E-state index < -0.39 is 24.2 Å². The molecule has 0 spiro atoms. The normalized spacial score (nSPS) is 18.1. The molecule has 0 unspecified atom stereocenters. The van der Waals surface area contributed by atoms with Crippen molar-refractivity contribution in [2.45, 2.75) is 84.0 Å². The highest BCUT2D eigenvalue weighted by molar-refractivity contribution is 5.95. The summed E-state index contributed by atoms with van der Waals surface area (Å²) in [5.41, 5.74) is 1.05. The fourth-order valence-corrected chi connectivity index (χ4v) is 4.90. The lowest BCUT2D eigenvalue weighted by molar-refractivity contribution is -0.127. The van der Waals surface area contributed by atoms with Crippen molar-refractivity contribution in [1.82, 2.24) is 15.6 Å². The number of nitrogens with zero attached hydrogens (tertiary/aromatic N) is 1. The average Bonchev–Trinajstić information content (AvgIpc) is 2.86. The molecule has 0 radical (unpaired) electrons. The number of amides is 2. The summed E-state index contributed by atoms with van der Waals surface area (Å²) in [7, 11) is 0. The molecule has 1 aliphatic carbocycles. The van der Waals surface area contributed by atoms with Crippen LogP contribution in [0.1, 0.15) is 76.2 Å². The minimum Gasteiger partial charge on any atom is -0.390 e. The van der Waals surface area contributed by atoms with E-state index in [2.05, 4.69) is 15.6 Å². The zero-order chi connectivity index (χ0) is 25.4. The lowest BCUT2D eigenvalue weighted by Crippen LogP contribution is -2.52. The van der Waals surface area contributed by atoms with Gasteiger partial charge < -0.3 is 20.8 Å². The molecule has 1 saturated carbocycles. The van der Waals surface area contributed by atoms with Gasteiger partial charge >= 0.3 is 0 Å². The van der Waals surface area contributed by atoms with Gasteiger partial charge in [0, 0.05) is 11.9 Å². The van der Waals surface area contributed by atoms with E-state index >= 15 is 0 Å². The van der Waals surface area contributed by atoms with Crippen LogP contribution in [0.4, 0.5) is 0 Å². The predicted molar refractivity (Wildman–Crippen MR) is 138 cm³/mol. The van der Waals surface area contributed by atoms with E-state index in [9.17, 15) is 19.8 Å². The van der Waals surface area contributed by atoms with Crippen molar-refractivity contribution in [2.75, 3.05) is 6.54 Å². The molecule has 3 rings (SSSR count). The van der Waals surface area contributed by atoms with Gasteiger partial charge in [0.1, 0.15) is 11.8 Å². The lowest BCUT2D eigenvalue weighted by atomic mass is 9.82. The summed E-state index contributed by atoms with van der Waals surface area (Å²) in [6.07, 6.45) is 4.96. The van der Waals surface area contributed by atoms with Crippen molar-refractivity contribution >= 4 is 22.7 Å². The second-order valence-corrected chi connectivity index (χ2v) is 10.5. The molecule has 1 aliphatic rings. The first kappa shape index (κ1) is 27.1. The molecule has 0 bridgehead atoms. The van der Waals surface area contributed by atoms with Gasteiger partial charge in [-0.15, -0.1) is 0 Å². The van der Waals surface area contributed by atoms with Crippen LogP contribution in [0.3, 0.4) is 0 Å². The van der Waals surface area contributed by atoms with Gasteiger partial charge in [0.05, 0.1) is 23.6 Å². The maximum atomic E-state index is 13.0. The van der Waals surface area contributed by atoms with Gasteiger partial charge in [-0.3, -0.25) is 9.59 Å². The van der Waals surface area contributed by atoms with E-state index in [1.165, 1.54) is 19.3 Å². The fraction of sp³-hybridized carbons (Fsp3) is 0.607. The summed E-state index contributed by atoms with van der Waals surface area (Å²) in [6.45, 7) is 5.90. The Balaban J connectivity index is 1.58. The van der Waals surface area contributed by atoms with E-state index in [1.807, 2.05) is 44.2 Å². The van der Waals surface area contributed by atoms with Gasteiger partial charge in [0.25, 0.3) is 5.91 Å². The molecule has 7 heteroatoms. The highest BCUT2D eigenvalue weighted by atomic mass is 16.3. The molecule has 4 atom stereocenters. The van der Waals surface area contributed by atoms with Crippen LogP contribution in [0, 0.1) is 17.8 Å². The summed E-state index contributed by atoms with van der Waals surface area (Å²) in [4.78, 5) is 30.0. The number of fused-ring (bicyclic) bond motifs is 1. The molecule has 1 aromatic carbocycles. The summed E-state index contributed by atoms with van der Waals surface area (Å²) in [5.74, 6) is -0.398. The van der Waals surface area contributed by atoms with Gasteiger partial charge in [0.15, 0.2) is 0 Å². The van der Waals surface area contributed by atoms with Crippen molar-refractivity contribution in [3.63, 3.8) is 0 Å². The molecule has 1 fully saturated rings. The van der Waals surface area contributed by atoms with Crippen LogP contribution >= 0.6 is 0 Å². The first-order valence-electron chi connectivity index (χ1n) is 13.0.